The van der Waals surface area contributed by atoms with Gasteiger partial charge in [-0.1, -0.05) is 56.3 Å². The first-order chi connectivity index (χ1) is 15.3. The van der Waals surface area contributed by atoms with Gasteiger partial charge in [0.1, 0.15) is 0 Å². The fraction of sp³-hybridized carbons (Fsp3) is 0.269. The van der Waals surface area contributed by atoms with Crippen molar-refractivity contribution in [2.75, 3.05) is 0 Å². The molecule has 2 aromatic carbocycles. The molecule has 0 saturated carbocycles. The molecule has 0 unspecified atom stereocenters. The second kappa shape index (κ2) is 12.9. The number of aliphatic imine (C=N–C) groups is 2. The molecule has 6 heteroatoms. The predicted octanol–water partition coefficient (Wildman–Crippen LogP) is 8.48. The molecule has 0 aliphatic rings. The van der Waals surface area contributed by atoms with E-state index >= 15 is 0 Å². The molecule has 3 nitrogen and oxygen atoms in total. The Labute approximate surface area is 206 Å². The summed E-state index contributed by atoms with van der Waals surface area (Å²) < 4.78 is 0. The number of hydrogen-bond donors (Lipinski definition) is 0. The molecule has 0 aliphatic carbocycles. The summed E-state index contributed by atoms with van der Waals surface area (Å²) in [5.41, 5.74) is 9.16. The number of halogens is 2. The van der Waals surface area contributed by atoms with E-state index in [9.17, 15) is 0 Å². The van der Waals surface area contributed by atoms with Crippen molar-refractivity contribution in [1.82, 2.24) is 4.98 Å². The van der Waals surface area contributed by atoms with Crippen LogP contribution in [0.2, 0.25) is 0 Å². The van der Waals surface area contributed by atoms with Gasteiger partial charge in [0.2, 0.25) is 0 Å². The minimum atomic E-state index is 0.194. The number of pyridine rings is 1. The monoisotopic (exact) mass is 509 g/mol. The first-order valence-electron chi connectivity index (χ1n) is 10.4. The molecule has 0 bridgehead atoms. The Morgan fingerprint density at radius 2 is 1.28 bits per heavy atom. The number of aromatic nitrogens is 1. The molecule has 0 radical (unpaired) electrons. The summed E-state index contributed by atoms with van der Waals surface area (Å²) in [6.07, 6.45) is 0. The Bertz CT molecular complexity index is 1090. The molecule has 0 saturated heterocycles. The molecule has 0 spiro atoms. The summed E-state index contributed by atoms with van der Waals surface area (Å²) in [7, 11) is 9.53. The number of para-hydroxylation sites is 2. The zero-order chi connectivity index (χ0) is 23.7. The third-order valence-corrected chi connectivity index (χ3v) is 5.06. The van der Waals surface area contributed by atoms with Crippen molar-refractivity contribution in [2.45, 2.75) is 47.5 Å². The van der Waals surface area contributed by atoms with Crippen molar-refractivity contribution in [3.05, 3.63) is 88.7 Å². The molecular weight excluding hydrogens is 481 g/mol. The van der Waals surface area contributed by atoms with Crippen molar-refractivity contribution >= 4 is 43.0 Å². The van der Waals surface area contributed by atoms with Crippen molar-refractivity contribution in [3.63, 3.8) is 0 Å². The van der Waals surface area contributed by atoms with Crippen molar-refractivity contribution in [1.29, 1.82) is 0 Å². The average Bonchev–Trinajstić information content (AvgIpc) is 2.77. The third kappa shape index (κ3) is 7.28. The molecule has 0 atom stereocenters. The fourth-order valence-corrected chi connectivity index (χ4v) is 3.36. The van der Waals surface area contributed by atoms with Gasteiger partial charge in [-0.15, -0.1) is 0 Å². The van der Waals surface area contributed by atoms with E-state index in [4.69, 9.17) is 35.2 Å². The molecule has 170 valence electrons. The maximum atomic E-state index is 4.88. The van der Waals surface area contributed by atoms with Crippen LogP contribution in [0.1, 0.15) is 61.7 Å². The van der Waals surface area contributed by atoms with Crippen molar-refractivity contribution in [3.8, 4) is 0 Å². The van der Waals surface area contributed by atoms with Gasteiger partial charge in [0.05, 0.1) is 34.2 Å². The van der Waals surface area contributed by atoms with Crippen LogP contribution in [0.3, 0.4) is 0 Å². The Kier molecular flexibility index (Phi) is 10.6. The Morgan fingerprint density at radius 3 is 1.84 bits per heavy atom. The van der Waals surface area contributed by atoms with Crippen LogP contribution in [0.25, 0.3) is 0 Å². The normalized spacial score (nSPS) is 12.0. The van der Waals surface area contributed by atoms with E-state index in [0.29, 0.717) is 5.92 Å². The molecule has 3 aromatic rings. The van der Waals surface area contributed by atoms with E-state index in [1.807, 2.05) is 38.1 Å². The Hall–Kier alpha value is -1.97. The van der Waals surface area contributed by atoms with E-state index in [2.05, 4.69) is 64.1 Å². The van der Waals surface area contributed by atoms with Gasteiger partial charge in [-0.05, 0) is 68.5 Å². The molecule has 1 aromatic heterocycles. The molecule has 32 heavy (non-hydrogen) atoms. The van der Waals surface area contributed by atoms with Gasteiger partial charge in [-0.2, -0.15) is 0 Å². The molecule has 0 amide bonds. The number of benzene rings is 2. The minimum absolute atomic E-state index is 0.194. The van der Waals surface area contributed by atoms with E-state index < -0.39 is 0 Å². The van der Waals surface area contributed by atoms with Gasteiger partial charge in [0.15, 0.2) is 0 Å². The van der Waals surface area contributed by atoms with Gasteiger partial charge < -0.3 is 0 Å². The standard InChI is InChI=1S/C26H29N3.2ClH.Fe/c1-17(2)22-13-7-8-14-25(22)27-20(5)23-15-10-16-24(29-23)21(6)28-26-18(3)11-9-12-19(26)4;;;/h7-17H,1-6H3;2*1H;/q;;;+2/p-2. The van der Waals surface area contributed by atoms with Gasteiger partial charge in [-0.25, -0.2) is 4.98 Å². The van der Waals surface area contributed by atoms with E-state index in [1.165, 1.54) is 16.7 Å². The quantitative estimate of drug-likeness (QED) is 0.251. The summed E-state index contributed by atoms with van der Waals surface area (Å²) >= 11 is 0.194. The van der Waals surface area contributed by atoms with E-state index in [-0.39, 0.29) is 13.1 Å². The average molecular weight is 510 g/mol. The summed E-state index contributed by atoms with van der Waals surface area (Å²) in [5.74, 6) is 0.425. The van der Waals surface area contributed by atoms with Crippen LogP contribution in [0, 0.1) is 13.8 Å². The topological polar surface area (TPSA) is 37.6 Å². The first kappa shape index (κ1) is 26.3. The number of rotatable bonds is 5. The molecule has 0 fully saturated rings. The van der Waals surface area contributed by atoms with Crippen LogP contribution in [-0.2, 0) is 13.1 Å². The van der Waals surface area contributed by atoms with Gasteiger partial charge in [0.25, 0.3) is 0 Å². The Balaban J connectivity index is 0.00000114. The zero-order valence-electron chi connectivity index (χ0n) is 19.3. The number of nitrogens with zero attached hydrogens (tertiary/aromatic N) is 3. The fourth-order valence-electron chi connectivity index (χ4n) is 3.36. The molecule has 0 aliphatic heterocycles. The predicted molar refractivity (Wildman–Crippen MR) is 136 cm³/mol. The van der Waals surface area contributed by atoms with Gasteiger partial charge >= 0.3 is 33.3 Å². The Morgan fingerprint density at radius 1 is 0.781 bits per heavy atom. The zero-order valence-corrected chi connectivity index (χ0v) is 21.9. The van der Waals surface area contributed by atoms with Crippen molar-refractivity contribution in [2.24, 2.45) is 9.98 Å². The van der Waals surface area contributed by atoms with Crippen LogP contribution in [-0.4, -0.2) is 16.4 Å². The maximum absolute atomic E-state index is 4.88. The molecule has 3 rings (SSSR count). The van der Waals surface area contributed by atoms with E-state index in [0.717, 1.165) is 34.2 Å². The molecular formula is C26H29Cl2FeN3. The van der Waals surface area contributed by atoms with Crippen LogP contribution < -0.4 is 0 Å². The third-order valence-electron chi connectivity index (χ3n) is 5.06. The van der Waals surface area contributed by atoms with Gasteiger partial charge in [-0.3, -0.25) is 9.98 Å². The number of aryl methyl sites for hydroxylation is 2. The first-order valence-corrected chi connectivity index (χ1v) is 13.4. The van der Waals surface area contributed by atoms with Gasteiger partial charge in [0, 0.05) is 0 Å². The second-order valence-electron chi connectivity index (χ2n) is 7.81. The second-order valence-corrected chi connectivity index (χ2v) is 9.63. The van der Waals surface area contributed by atoms with Crippen LogP contribution in [0.5, 0.6) is 0 Å². The van der Waals surface area contributed by atoms with Crippen molar-refractivity contribution < 1.29 is 13.1 Å². The summed E-state index contributed by atoms with van der Waals surface area (Å²) in [6, 6.07) is 20.6. The molecule has 1 heterocycles. The van der Waals surface area contributed by atoms with E-state index in [1.54, 1.807) is 0 Å². The van der Waals surface area contributed by atoms with Crippen LogP contribution >= 0.6 is 20.2 Å². The summed E-state index contributed by atoms with van der Waals surface area (Å²) in [5, 5.41) is 0. The van der Waals surface area contributed by atoms with Crippen LogP contribution in [0.4, 0.5) is 11.4 Å². The summed E-state index contributed by atoms with van der Waals surface area (Å²) in [4.78, 5) is 14.6. The van der Waals surface area contributed by atoms with Crippen LogP contribution in [0.15, 0.2) is 70.6 Å². The number of hydrogen-bond acceptors (Lipinski definition) is 3. The summed E-state index contributed by atoms with van der Waals surface area (Å²) in [6.45, 7) is 12.6. The SMILES string of the molecule is CC(=Nc1ccccc1C(C)C)c1cccc(C(C)=Nc2c(C)cccc2C)n1.[Cl][Fe][Cl]. The molecule has 0 N–H and O–H groups in total.